The molecule has 5 rings (SSSR count). The number of carbonyl (C=O) groups is 2. The summed E-state index contributed by atoms with van der Waals surface area (Å²) in [7, 11) is 0. The van der Waals surface area contributed by atoms with Crippen molar-refractivity contribution in [3.8, 4) is 0 Å². The zero-order valence-corrected chi connectivity index (χ0v) is 22.5. The Bertz CT molecular complexity index is 1260. The van der Waals surface area contributed by atoms with Gasteiger partial charge in [-0.05, 0) is 66.8 Å². The molecule has 0 unspecified atom stereocenters. The first-order chi connectivity index (χ1) is 17.9. The number of aliphatic hydroxyl groups excluding tert-OH is 1. The molecule has 2 fully saturated rings. The Kier molecular flexibility index (Phi) is 7.03. The maximum atomic E-state index is 15.7. The summed E-state index contributed by atoms with van der Waals surface area (Å²) in [6.07, 6.45) is 2.57. The van der Waals surface area contributed by atoms with Crippen LogP contribution < -0.4 is 16.0 Å². The highest BCUT2D eigenvalue weighted by Crippen LogP contribution is 2.57. The van der Waals surface area contributed by atoms with Gasteiger partial charge in [-0.3, -0.25) is 9.59 Å². The van der Waals surface area contributed by atoms with E-state index >= 15 is 4.39 Å². The van der Waals surface area contributed by atoms with Gasteiger partial charge in [0.15, 0.2) is 0 Å². The van der Waals surface area contributed by atoms with E-state index in [9.17, 15) is 19.1 Å². The van der Waals surface area contributed by atoms with Crippen LogP contribution in [-0.4, -0.2) is 41.2 Å². The SMILES string of the molecule is CC(C)(C)C[C@@H]1N[C@@H](C(=O)N[C@H]2CC[C@H](O)CC2)[C@H](c2cccc(Cl)c2F)[C@]12C(=O)Nc1cc(F)ccc12. The first-order valence-electron chi connectivity index (χ1n) is 13.2. The third-order valence-corrected chi connectivity index (χ3v) is 8.56. The van der Waals surface area contributed by atoms with Crippen molar-refractivity contribution in [1.82, 2.24) is 10.6 Å². The van der Waals surface area contributed by atoms with E-state index in [2.05, 4.69) is 16.0 Å². The number of anilines is 1. The van der Waals surface area contributed by atoms with Crippen molar-refractivity contribution in [2.75, 3.05) is 5.32 Å². The van der Waals surface area contributed by atoms with Crippen LogP contribution in [0.2, 0.25) is 5.02 Å². The second kappa shape index (κ2) is 9.88. The topological polar surface area (TPSA) is 90.5 Å². The first-order valence-corrected chi connectivity index (χ1v) is 13.6. The highest BCUT2D eigenvalue weighted by molar-refractivity contribution is 6.30. The third-order valence-electron chi connectivity index (χ3n) is 8.26. The van der Waals surface area contributed by atoms with Gasteiger partial charge in [0.2, 0.25) is 11.8 Å². The number of halogens is 3. The molecule has 2 aromatic carbocycles. The van der Waals surface area contributed by atoms with Crippen molar-refractivity contribution in [1.29, 1.82) is 0 Å². The lowest BCUT2D eigenvalue weighted by Gasteiger charge is -2.38. The number of aliphatic hydroxyl groups is 1. The fraction of sp³-hybridized carbons (Fsp3) is 0.517. The molecule has 9 heteroatoms. The summed E-state index contributed by atoms with van der Waals surface area (Å²) in [4.78, 5) is 28.0. The molecule has 2 heterocycles. The molecule has 4 atom stereocenters. The van der Waals surface area contributed by atoms with E-state index in [1.807, 2.05) is 20.8 Å². The van der Waals surface area contributed by atoms with E-state index in [1.54, 1.807) is 18.2 Å². The number of rotatable bonds is 4. The van der Waals surface area contributed by atoms with Gasteiger partial charge in [0.05, 0.1) is 17.2 Å². The molecule has 0 bridgehead atoms. The predicted molar refractivity (Wildman–Crippen MR) is 142 cm³/mol. The second-order valence-corrected chi connectivity index (χ2v) is 12.5. The van der Waals surface area contributed by atoms with E-state index in [0.29, 0.717) is 43.4 Å². The Balaban J connectivity index is 1.67. The molecule has 0 aromatic heterocycles. The lowest BCUT2D eigenvalue weighted by atomic mass is 9.62. The van der Waals surface area contributed by atoms with Crippen LogP contribution in [0.15, 0.2) is 36.4 Å². The number of carbonyl (C=O) groups excluding carboxylic acids is 2. The van der Waals surface area contributed by atoms with Gasteiger partial charge in [-0.1, -0.05) is 50.6 Å². The number of hydrogen-bond donors (Lipinski definition) is 4. The maximum absolute atomic E-state index is 15.7. The molecular formula is C29H34ClF2N3O3. The van der Waals surface area contributed by atoms with Crippen molar-refractivity contribution < 1.29 is 23.5 Å². The minimum absolute atomic E-state index is 0.102. The number of nitrogens with one attached hydrogen (secondary N) is 3. The Labute approximate surface area is 226 Å². The van der Waals surface area contributed by atoms with Gasteiger partial charge >= 0.3 is 0 Å². The average molecular weight is 546 g/mol. The van der Waals surface area contributed by atoms with Gasteiger partial charge in [0.25, 0.3) is 0 Å². The van der Waals surface area contributed by atoms with Crippen molar-refractivity contribution >= 4 is 29.1 Å². The van der Waals surface area contributed by atoms with Crippen molar-refractivity contribution in [3.63, 3.8) is 0 Å². The average Bonchev–Trinajstić information content (AvgIpc) is 3.31. The summed E-state index contributed by atoms with van der Waals surface area (Å²) in [5.74, 6) is -2.87. The normalized spacial score (nSPS) is 30.8. The molecule has 1 spiro atoms. The van der Waals surface area contributed by atoms with Crippen LogP contribution in [0.25, 0.3) is 0 Å². The van der Waals surface area contributed by atoms with E-state index in [-0.39, 0.29) is 34.1 Å². The highest BCUT2D eigenvalue weighted by Gasteiger charge is 2.66. The van der Waals surface area contributed by atoms with Crippen LogP contribution >= 0.6 is 11.6 Å². The molecule has 2 amide bonds. The molecule has 4 N–H and O–H groups in total. The van der Waals surface area contributed by atoms with Gasteiger partial charge in [0.1, 0.15) is 17.0 Å². The Morgan fingerprint density at radius 1 is 1.16 bits per heavy atom. The van der Waals surface area contributed by atoms with Gasteiger partial charge in [-0.25, -0.2) is 8.78 Å². The Morgan fingerprint density at radius 3 is 2.55 bits per heavy atom. The largest absolute Gasteiger partial charge is 0.393 e. The molecule has 38 heavy (non-hydrogen) atoms. The minimum atomic E-state index is -1.38. The van der Waals surface area contributed by atoms with E-state index in [0.717, 1.165) is 0 Å². The number of amides is 2. The van der Waals surface area contributed by atoms with E-state index < -0.39 is 41.0 Å². The zero-order chi connectivity index (χ0) is 27.4. The summed E-state index contributed by atoms with van der Waals surface area (Å²) >= 11 is 6.21. The van der Waals surface area contributed by atoms with Gasteiger partial charge in [-0.15, -0.1) is 0 Å². The van der Waals surface area contributed by atoms with Crippen molar-refractivity contribution in [3.05, 3.63) is 64.2 Å². The fourth-order valence-corrected chi connectivity index (χ4v) is 6.85. The minimum Gasteiger partial charge on any atom is -0.393 e. The van der Waals surface area contributed by atoms with Crippen LogP contribution in [0.1, 0.15) is 69.9 Å². The van der Waals surface area contributed by atoms with E-state index in [4.69, 9.17) is 11.6 Å². The molecule has 204 valence electrons. The molecule has 1 saturated carbocycles. The summed E-state index contributed by atoms with van der Waals surface area (Å²) in [6.45, 7) is 6.11. The smallest absolute Gasteiger partial charge is 0.238 e. The Hall–Kier alpha value is -2.55. The second-order valence-electron chi connectivity index (χ2n) is 12.1. The molecule has 2 aliphatic heterocycles. The monoisotopic (exact) mass is 545 g/mol. The van der Waals surface area contributed by atoms with Crippen LogP contribution in [0.5, 0.6) is 0 Å². The van der Waals surface area contributed by atoms with Gasteiger partial charge in [0, 0.05) is 23.7 Å². The van der Waals surface area contributed by atoms with Crippen molar-refractivity contribution in [2.24, 2.45) is 5.41 Å². The Morgan fingerprint density at radius 2 is 1.87 bits per heavy atom. The molecular weight excluding hydrogens is 512 g/mol. The van der Waals surface area contributed by atoms with Crippen LogP contribution in [-0.2, 0) is 15.0 Å². The van der Waals surface area contributed by atoms with Crippen LogP contribution in [0, 0.1) is 17.0 Å². The number of benzene rings is 2. The van der Waals surface area contributed by atoms with Gasteiger partial charge < -0.3 is 21.1 Å². The molecule has 2 aromatic rings. The van der Waals surface area contributed by atoms with Crippen molar-refractivity contribution in [2.45, 2.75) is 88.4 Å². The molecule has 6 nitrogen and oxygen atoms in total. The molecule has 1 aliphatic carbocycles. The van der Waals surface area contributed by atoms with Gasteiger partial charge in [-0.2, -0.15) is 0 Å². The zero-order valence-electron chi connectivity index (χ0n) is 21.8. The quantitative estimate of drug-likeness (QED) is 0.445. The molecule has 3 aliphatic rings. The summed E-state index contributed by atoms with van der Waals surface area (Å²) < 4.78 is 30.0. The maximum Gasteiger partial charge on any atom is 0.238 e. The summed E-state index contributed by atoms with van der Waals surface area (Å²) in [6, 6.07) is 7.10. The summed E-state index contributed by atoms with van der Waals surface area (Å²) in [5, 5.41) is 19.2. The van der Waals surface area contributed by atoms with Crippen LogP contribution in [0.4, 0.5) is 14.5 Å². The number of fused-ring (bicyclic) bond motifs is 2. The fourth-order valence-electron chi connectivity index (χ4n) is 6.66. The lowest BCUT2D eigenvalue weighted by Crippen LogP contribution is -2.50. The third kappa shape index (κ3) is 4.61. The summed E-state index contributed by atoms with van der Waals surface area (Å²) in [5.41, 5.74) is -0.618. The predicted octanol–water partition coefficient (Wildman–Crippen LogP) is 4.79. The number of hydrogen-bond acceptors (Lipinski definition) is 4. The van der Waals surface area contributed by atoms with E-state index in [1.165, 1.54) is 18.2 Å². The van der Waals surface area contributed by atoms with Crippen LogP contribution in [0.3, 0.4) is 0 Å². The highest BCUT2D eigenvalue weighted by atomic mass is 35.5. The molecule has 1 saturated heterocycles. The standard InChI is InChI=1S/C29H34ClF2N3O3/c1-28(2,3)14-22-29(19-12-7-15(31)13-21(19)34-27(29)38)23(18-5-4-6-20(30)24(18)32)25(35-22)26(37)33-16-8-10-17(36)11-9-16/h4-7,12-13,16-17,22-23,25,35-36H,8-11,14H2,1-3H3,(H,33,37)(H,34,38)/t16-,17-,22-,23-,25+,29+/m0/s1. The first kappa shape index (κ1) is 27.0. The lowest BCUT2D eigenvalue weighted by molar-refractivity contribution is -0.124. The molecule has 0 radical (unpaired) electrons.